The average molecular weight is 482 g/mol. The number of ether oxygens (including phenoxy) is 2. The number of morpholine rings is 1. The number of methoxy groups -OCH3 is 1. The van der Waals surface area contributed by atoms with Crippen LogP contribution in [0, 0.1) is 13.8 Å². The molecule has 0 aliphatic carbocycles. The summed E-state index contributed by atoms with van der Waals surface area (Å²) < 4.78 is 12.7. The number of aromatic nitrogens is 5. The molecule has 1 fully saturated rings. The van der Waals surface area contributed by atoms with E-state index in [2.05, 4.69) is 15.0 Å². The van der Waals surface area contributed by atoms with Gasteiger partial charge in [0, 0.05) is 42.6 Å². The lowest BCUT2D eigenvalue weighted by molar-refractivity contribution is -0.134. The van der Waals surface area contributed by atoms with Gasteiger partial charge in [-0.3, -0.25) is 9.78 Å². The number of nitrogens with two attached hydrogens (primary N) is 1. The van der Waals surface area contributed by atoms with Crippen LogP contribution in [-0.2, 0) is 16.1 Å². The number of anilines is 1. The molecule has 2 aliphatic rings. The molecule has 0 spiro atoms. The fraction of sp³-hybridized carbons (Fsp3) is 0.435. The maximum atomic E-state index is 12.8. The fourth-order valence-corrected chi connectivity index (χ4v) is 5.39. The van der Waals surface area contributed by atoms with E-state index in [4.69, 9.17) is 20.3 Å². The third kappa shape index (κ3) is 4.21. The van der Waals surface area contributed by atoms with E-state index in [1.54, 1.807) is 29.8 Å². The van der Waals surface area contributed by atoms with Crippen LogP contribution in [0.2, 0.25) is 0 Å². The van der Waals surface area contributed by atoms with Crippen LogP contribution in [-0.4, -0.2) is 74.7 Å². The zero-order valence-corrected chi connectivity index (χ0v) is 20.3. The van der Waals surface area contributed by atoms with Gasteiger partial charge in [-0.15, -0.1) is 11.8 Å². The van der Waals surface area contributed by atoms with Crippen molar-refractivity contribution in [2.24, 2.45) is 0 Å². The monoisotopic (exact) mass is 481 g/mol. The van der Waals surface area contributed by atoms with Crippen molar-refractivity contribution in [3.63, 3.8) is 0 Å². The molecule has 1 saturated heterocycles. The second-order valence-corrected chi connectivity index (χ2v) is 9.40. The molecule has 0 bridgehead atoms. The van der Waals surface area contributed by atoms with Crippen molar-refractivity contribution in [2.45, 2.75) is 31.8 Å². The second-order valence-electron chi connectivity index (χ2n) is 8.44. The van der Waals surface area contributed by atoms with E-state index in [0.717, 1.165) is 44.2 Å². The minimum atomic E-state index is 0.106. The Labute approximate surface area is 201 Å². The molecule has 178 valence electrons. The van der Waals surface area contributed by atoms with Crippen molar-refractivity contribution in [1.82, 2.24) is 29.6 Å². The Balaban J connectivity index is 1.51. The second kappa shape index (κ2) is 9.22. The fourth-order valence-electron chi connectivity index (χ4n) is 4.39. The first kappa shape index (κ1) is 22.6. The number of rotatable bonds is 5. The number of thioether (sulfide) groups is 1. The summed E-state index contributed by atoms with van der Waals surface area (Å²) in [5, 5.41) is 6.48. The van der Waals surface area contributed by atoms with Gasteiger partial charge in [-0.05, 0) is 25.5 Å². The van der Waals surface area contributed by atoms with Crippen LogP contribution in [0.4, 0.5) is 5.95 Å². The summed E-state index contributed by atoms with van der Waals surface area (Å²) >= 11 is 1.56. The van der Waals surface area contributed by atoms with Crippen LogP contribution in [0.25, 0.3) is 17.1 Å². The van der Waals surface area contributed by atoms with Crippen molar-refractivity contribution in [1.29, 1.82) is 0 Å². The van der Waals surface area contributed by atoms with E-state index in [9.17, 15) is 4.79 Å². The molecule has 3 aromatic rings. The Kier molecular flexibility index (Phi) is 6.13. The number of carbonyl (C=O) groups excluding carboxylic acids is 1. The quantitative estimate of drug-likeness (QED) is 0.547. The highest BCUT2D eigenvalue weighted by molar-refractivity contribution is 7.99. The van der Waals surface area contributed by atoms with E-state index in [0.29, 0.717) is 50.7 Å². The highest BCUT2D eigenvalue weighted by Gasteiger charge is 2.24. The Bertz CT molecular complexity index is 1300. The SMILES string of the molecule is COc1c(C)cnc(Cn2nc3c4c(nc(N)nc42)SCC(CC(=O)N2CCOCC2)=C3)c1C. The van der Waals surface area contributed by atoms with Gasteiger partial charge in [0.05, 0.1) is 43.6 Å². The lowest BCUT2D eigenvalue weighted by Gasteiger charge is -2.27. The average Bonchev–Trinajstić information content (AvgIpc) is 3.06. The summed E-state index contributed by atoms with van der Waals surface area (Å²) in [6, 6.07) is 0. The van der Waals surface area contributed by atoms with Gasteiger partial charge in [-0.1, -0.05) is 0 Å². The smallest absolute Gasteiger partial charge is 0.226 e. The number of carbonyl (C=O) groups is 1. The molecular formula is C23H27N7O3S. The molecule has 1 amide bonds. The number of hydrogen-bond donors (Lipinski definition) is 1. The van der Waals surface area contributed by atoms with E-state index in [-0.39, 0.29) is 11.9 Å². The highest BCUT2D eigenvalue weighted by atomic mass is 32.2. The molecule has 0 unspecified atom stereocenters. The maximum Gasteiger partial charge on any atom is 0.226 e. The molecule has 10 nitrogen and oxygen atoms in total. The minimum absolute atomic E-state index is 0.106. The molecule has 5 rings (SSSR count). The third-order valence-electron chi connectivity index (χ3n) is 6.13. The van der Waals surface area contributed by atoms with E-state index >= 15 is 0 Å². The number of hydrogen-bond acceptors (Lipinski definition) is 9. The Morgan fingerprint density at radius 3 is 2.82 bits per heavy atom. The minimum Gasteiger partial charge on any atom is -0.496 e. The van der Waals surface area contributed by atoms with Gasteiger partial charge in [-0.25, -0.2) is 9.67 Å². The molecule has 5 heterocycles. The van der Waals surface area contributed by atoms with Crippen LogP contribution in [0.15, 0.2) is 16.8 Å². The lowest BCUT2D eigenvalue weighted by Crippen LogP contribution is -2.40. The summed E-state index contributed by atoms with van der Waals surface area (Å²) in [6.07, 6.45) is 4.14. The third-order valence-corrected chi connectivity index (χ3v) is 7.21. The van der Waals surface area contributed by atoms with Gasteiger partial charge < -0.3 is 20.1 Å². The molecule has 0 radical (unpaired) electrons. The summed E-state index contributed by atoms with van der Waals surface area (Å²) in [5.74, 6) is 1.76. The first-order chi connectivity index (χ1) is 16.4. The van der Waals surface area contributed by atoms with Crippen molar-refractivity contribution < 1.29 is 14.3 Å². The molecule has 0 saturated carbocycles. The molecule has 11 heteroatoms. The number of nitrogens with zero attached hydrogens (tertiary/aromatic N) is 6. The van der Waals surface area contributed by atoms with Gasteiger partial charge in [-0.2, -0.15) is 10.1 Å². The predicted octanol–water partition coefficient (Wildman–Crippen LogP) is 2.22. The molecule has 0 aromatic carbocycles. The Morgan fingerprint density at radius 2 is 2.06 bits per heavy atom. The van der Waals surface area contributed by atoms with Crippen LogP contribution in [0.3, 0.4) is 0 Å². The molecule has 3 aromatic heterocycles. The largest absolute Gasteiger partial charge is 0.496 e. The van der Waals surface area contributed by atoms with Crippen LogP contribution >= 0.6 is 11.8 Å². The van der Waals surface area contributed by atoms with Crippen LogP contribution < -0.4 is 10.5 Å². The summed E-state index contributed by atoms with van der Waals surface area (Å²) in [5.41, 5.74) is 11.2. The normalized spacial score (nSPS) is 15.9. The lowest BCUT2D eigenvalue weighted by atomic mass is 10.1. The van der Waals surface area contributed by atoms with E-state index in [1.807, 2.05) is 24.8 Å². The first-order valence-corrected chi connectivity index (χ1v) is 12.1. The van der Waals surface area contributed by atoms with Gasteiger partial charge >= 0.3 is 0 Å². The van der Waals surface area contributed by atoms with Crippen molar-refractivity contribution >= 4 is 40.7 Å². The van der Waals surface area contributed by atoms with Gasteiger partial charge in [0.1, 0.15) is 10.8 Å². The highest BCUT2D eigenvalue weighted by Crippen LogP contribution is 2.36. The zero-order valence-electron chi connectivity index (χ0n) is 19.5. The Hall–Kier alpha value is -3.18. The number of pyridine rings is 1. The Morgan fingerprint density at radius 1 is 1.26 bits per heavy atom. The molecule has 2 N–H and O–H groups in total. The first-order valence-electron chi connectivity index (χ1n) is 11.2. The van der Waals surface area contributed by atoms with Gasteiger partial charge in [0.2, 0.25) is 11.9 Å². The van der Waals surface area contributed by atoms with E-state index < -0.39 is 0 Å². The number of aryl methyl sites for hydroxylation is 1. The molecule has 0 atom stereocenters. The maximum absolute atomic E-state index is 12.8. The van der Waals surface area contributed by atoms with Crippen LogP contribution in [0.5, 0.6) is 5.75 Å². The molecular weight excluding hydrogens is 454 g/mol. The van der Waals surface area contributed by atoms with Crippen molar-refractivity contribution in [2.75, 3.05) is 44.9 Å². The van der Waals surface area contributed by atoms with Crippen LogP contribution in [0.1, 0.15) is 28.9 Å². The zero-order chi connectivity index (χ0) is 23.8. The van der Waals surface area contributed by atoms with Crippen molar-refractivity contribution in [3.8, 4) is 5.75 Å². The molecule has 34 heavy (non-hydrogen) atoms. The predicted molar refractivity (Wildman–Crippen MR) is 130 cm³/mol. The summed E-state index contributed by atoms with van der Waals surface area (Å²) in [4.78, 5) is 28.3. The van der Waals surface area contributed by atoms with E-state index in [1.165, 1.54) is 0 Å². The molecule has 2 aliphatic heterocycles. The van der Waals surface area contributed by atoms with Crippen molar-refractivity contribution in [3.05, 3.63) is 34.3 Å². The van der Waals surface area contributed by atoms with Gasteiger partial charge in [0.15, 0.2) is 5.65 Å². The topological polar surface area (TPSA) is 121 Å². The van der Waals surface area contributed by atoms with Gasteiger partial charge in [0.25, 0.3) is 0 Å². The standard InChI is InChI=1S/C23H27N7O3S/c1-13-10-25-17(14(2)20(13)32-3)11-30-21-19-16(28-30)8-15(12-34-22(19)27-23(24)26-21)9-18(31)29-4-6-33-7-5-29/h8,10H,4-7,9,11-12H2,1-3H3,(H2,24,26,27). The summed E-state index contributed by atoms with van der Waals surface area (Å²) in [7, 11) is 1.66. The summed E-state index contributed by atoms with van der Waals surface area (Å²) in [6.45, 7) is 6.81. The number of amides is 1. The number of nitrogen functional groups attached to an aromatic ring is 1.